The van der Waals surface area contributed by atoms with Gasteiger partial charge in [0.05, 0.1) is 0 Å². The molecule has 0 fully saturated rings. The first kappa shape index (κ1) is 12.4. The molecule has 4 heteroatoms. The highest BCUT2D eigenvalue weighted by molar-refractivity contribution is 5.66. The first-order chi connectivity index (χ1) is 6.07. The van der Waals surface area contributed by atoms with Crippen LogP contribution in [0.2, 0.25) is 0 Å². The highest BCUT2D eigenvalue weighted by Crippen LogP contribution is 2.03. The van der Waals surface area contributed by atoms with Gasteiger partial charge in [0.15, 0.2) is 0 Å². The smallest absolute Gasteiger partial charge is 0.303 e. The van der Waals surface area contributed by atoms with Crippen LogP contribution in [0.1, 0.15) is 19.8 Å². The average Bonchev–Trinajstić information content (AvgIpc) is 2.10. The summed E-state index contributed by atoms with van der Waals surface area (Å²) in [6.45, 7) is 3.95. The van der Waals surface area contributed by atoms with Crippen LogP contribution in [0.25, 0.3) is 0 Å². The number of carboxylic acid groups (broad SMARTS) is 1. The van der Waals surface area contributed by atoms with E-state index in [1.807, 2.05) is 14.1 Å². The summed E-state index contributed by atoms with van der Waals surface area (Å²) in [5, 5.41) is 11.5. The molecule has 0 aliphatic heterocycles. The Bertz CT molecular complexity index is 151. The lowest BCUT2D eigenvalue weighted by molar-refractivity contribution is -0.137. The summed E-state index contributed by atoms with van der Waals surface area (Å²) in [6, 6.07) is 0.337. The number of likely N-dealkylation sites (N-methyl/N-ethyl adjacent to an activating group) is 2. The van der Waals surface area contributed by atoms with Crippen LogP contribution in [-0.2, 0) is 4.79 Å². The summed E-state index contributed by atoms with van der Waals surface area (Å²) >= 11 is 0. The van der Waals surface area contributed by atoms with E-state index in [0.717, 1.165) is 19.5 Å². The Kier molecular flexibility index (Phi) is 6.54. The van der Waals surface area contributed by atoms with Gasteiger partial charge in [0.1, 0.15) is 0 Å². The first-order valence-corrected chi connectivity index (χ1v) is 4.64. The van der Waals surface area contributed by atoms with E-state index in [9.17, 15) is 4.79 Å². The second-order valence-corrected chi connectivity index (χ2v) is 3.37. The lowest BCUT2D eigenvalue weighted by Gasteiger charge is -2.23. The Morgan fingerprint density at radius 2 is 2.23 bits per heavy atom. The third kappa shape index (κ3) is 6.54. The van der Waals surface area contributed by atoms with Gasteiger partial charge in [-0.2, -0.15) is 0 Å². The molecule has 0 spiro atoms. The monoisotopic (exact) mass is 188 g/mol. The van der Waals surface area contributed by atoms with Crippen LogP contribution in [0, 0.1) is 0 Å². The van der Waals surface area contributed by atoms with Crippen molar-refractivity contribution in [3.63, 3.8) is 0 Å². The second kappa shape index (κ2) is 6.86. The predicted molar refractivity (Wildman–Crippen MR) is 52.9 cm³/mol. The van der Waals surface area contributed by atoms with E-state index >= 15 is 0 Å². The molecule has 0 saturated carbocycles. The van der Waals surface area contributed by atoms with E-state index in [1.54, 1.807) is 0 Å². The van der Waals surface area contributed by atoms with Gasteiger partial charge in [-0.1, -0.05) is 0 Å². The molecule has 0 heterocycles. The Hall–Kier alpha value is -0.610. The van der Waals surface area contributed by atoms with Crippen molar-refractivity contribution >= 4 is 5.97 Å². The van der Waals surface area contributed by atoms with Crippen LogP contribution in [0.3, 0.4) is 0 Å². The molecule has 0 aromatic carbocycles. The van der Waals surface area contributed by atoms with Gasteiger partial charge in [-0.15, -0.1) is 0 Å². The van der Waals surface area contributed by atoms with E-state index in [-0.39, 0.29) is 6.42 Å². The van der Waals surface area contributed by atoms with E-state index in [1.165, 1.54) is 0 Å². The predicted octanol–water partition coefficient (Wildman–Crippen LogP) is 0.391. The average molecular weight is 188 g/mol. The van der Waals surface area contributed by atoms with Gasteiger partial charge >= 0.3 is 5.97 Å². The molecule has 0 rings (SSSR count). The molecular weight excluding hydrogens is 168 g/mol. The Labute approximate surface area is 79.9 Å². The normalized spacial score (nSPS) is 13.2. The minimum Gasteiger partial charge on any atom is -0.481 e. The third-order valence-electron chi connectivity index (χ3n) is 2.24. The van der Waals surface area contributed by atoms with E-state index in [2.05, 4.69) is 17.1 Å². The molecule has 0 saturated heterocycles. The van der Waals surface area contributed by atoms with Crippen molar-refractivity contribution < 1.29 is 9.90 Å². The number of nitrogens with zero attached hydrogens (tertiary/aromatic N) is 1. The summed E-state index contributed by atoms with van der Waals surface area (Å²) in [7, 11) is 3.93. The van der Waals surface area contributed by atoms with Crippen LogP contribution in [0.5, 0.6) is 0 Å². The standard InChI is InChI=1S/C9H20N2O2/c1-8(4-5-9(12)13)11(3)7-6-10-2/h8,10H,4-7H2,1-3H3,(H,12,13). The molecule has 78 valence electrons. The Morgan fingerprint density at radius 3 is 2.69 bits per heavy atom. The maximum absolute atomic E-state index is 10.3. The molecule has 0 radical (unpaired) electrons. The molecule has 1 unspecified atom stereocenters. The zero-order chi connectivity index (χ0) is 10.3. The fourth-order valence-corrected chi connectivity index (χ4v) is 1.06. The summed E-state index contributed by atoms with van der Waals surface area (Å²) in [6.07, 6.45) is 0.973. The number of rotatable bonds is 7. The van der Waals surface area contributed by atoms with Crippen molar-refractivity contribution in [1.29, 1.82) is 0 Å². The number of hydrogen-bond acceptors (Lipinski definition) is 3. The minimum atomic E-state index is -0.714. The van der Waals surface area contributed by atoms with Crippen LogP contribution in [0.4, 0.5) is 0 Å². The molecular formula is C9H20N2O2. The number of nitrogens with one attached hydrogen (secondary N) is 1. The summed E-state index contributed by atoms with van der Waals surface area (Å²) in [5.74, 6) is -0.714. The van der Waals surface area contributed by atoms with Crippen LogP contribution in [0.15, 0.2) is 0 Å². The molecule has 13 heavy (non-hydrogen) atoms. The fourth-order valence-electron chi connectivity index (χ4n) is 1.06. The SMILES string of the molecule is CNCCN(C)C(C)CCC(=O)O. The molecule has 1 atom stereocenters. The second-order valence-electron chi connectivity index (χ2n) is 3.37. The highest BCUT2D eigenvalue weighted by atomic mass is 16.4. The van der Waals surface area contributed by atoms with Crippen molar-refractivity contribution in [2.24, 2.45) is 0 Å². The van der Waals surface area contributed by atoms with Crippen LogP contribution >= 0.6 is 0 Å². The van der Waals surface area contributed by atoms with Crippen molar-refractivity contribution in [1.82, 2.24) is 10.2 Å². The van der Waals surface area contributed by atoms with Gasteiger partial charge in [0.25, 0.3) is 0 Å². The third-order valence-corrected chi connectivity index (χ3v) is 2.24. The topological polar surface area (TPSA) is 52.6 Å². The highest BCUT2D eigenvalue weighted by Gasteiger charge is 2.09. The lowest BCUT2D eigenvalue weighted by atomic mass is 10.1. The first-order valence-electron chi connectivity index (χ1n) is 4.64. The van der Waals surface area contributed by atoms with Crippen LogP contribution in [-0.4, -0.2) is 49.2 Å². The van der Waals surface area contributed by atoms with E-state index in [0.29, 0.717) is 6.04 Å². The fraction of sp³-hybridized carbons (Fsp3) is 0.889. The van der Waals surface area contributed by atoms with Gasteiger partial charge in [-0.05, 0) is 27.4 Å². The molecule has 0 aliphatic rings. The summed E-state index contributed by atoms with van der Waals surface area (Å²) < 4.78 is 0. The molecule has 4 nitrogen and oxygen atoms in total. The molecule has 0 bridgehead atoms. The van der Waals surface area contributed by atoms with Crippen LogP contribution < -0.4 is 5.32 Å². The molecule has 2 N–H and O–H groups in total. The molecule has 0 aliphatic carbocycles. The van der Waals surface area contributed by atoms with E-state index in [4.69, 9.17) is 5.11 Å². The van der Waals surface area contributed by atoms with Gasteiger partial charge in [0, 0.05) is 25.6 Å². The summed E-state index contributed by atoms with van der Waals surface area (Å²) in [5.41, 5.74) is 0. The Morgan fingerprint density at radius 1 is 1.62 bits per heavy atom. The zero-order valence-corrected chi connectivity index (χ0v) is 8.71. The number of carbonyl (C=O) groups is 1. The lowest BCUT2D eigenvalue weighted by Crippen LogP contribution is -2.34. The quantitative estimate of drug-likeness (QED) is 0.607. The van der Waals surface area contributed by atoms with Crippen molar-refractivity contribution in [2.75, 3.05) is 27.2 Å². The van der Waals surface area contributed by atoms with Gasteiger partial charge < -0.3 is 15.3 Å². The Balaban J connectivity index is 3.56. The number of hydrogen-bond donors (Lipinski definition) is 2. The van der Waals surface area contributed by atoms with Crippen molar-refractivity contribution in [2.45, 2.75) is 25.8 Å². The zero-order valence-electron chi connectivity index (χ0n) is 8.71. The maximum atomic E-state index is 10.3. The van der Waals surface area contributed by atoms with Crippen molar-refractivity contribution in [3.05, 3.63) is 0 Å². The maximum Gasteiger partial charge on any atom is 0.303 e. The number of carboxylic acids is 1. The van der Waals surface area contributed by atoms with Gasteiger partial charge in [-0.3, -0.25) is 4.79 Å². The minimum absolute atomic E-state index is 0.255. The summed E-state index contributed by atoms with van der Waals surface area (Å²) in [4.78, 5) is 12.5. The molecule has 0 aromatic heterocycles. The van der Waals surface area contributed by atoms with Gasteiger partial charge in [0.2, 0.25) is 0 Å². The van der Waals surface area contributed by atoms with Gasteiger partial charge in [-0.25, -0.2) is 0 Å². The van der Waals surface area contributed by atoms with E-state index < -0.39 is 5.97 Å². The number of aliphatic carboxylic acids is 1. The largest absolute Gasteiger partial charge is 0.481 e. The van der Waals surface area contributed by atoms with Crippen molar-refractivity contribution in [3.8, 4) is 0 Å². The molecule has 0 aromatic rings. The molecule has 0 amide bonds.